The molecule has 0 aliphatic rings. The van der Waals surface area contributed by atoms with E-state index in [2.05, 4.69) is 5.32 Å². The van der Waals surface area contributed by atoms with E-state index in [1.54, 1.807) is 38.5 Å². The van der Waals surface area contributed by atoms with E-state index < -0.39 is 6.10 Å². The lowest BCUT2D eigenvalue weighted by molar-refractivity contribution is -0.128. The van der Waals surface area contributed by atoms with Gasteiger partial charge in [0.2, 0.25) is 0 Å². The van der Waals surface area contributed by atoms with E-state index in [9.17, 15) is 4.79 Å². The molecule has 0 aliphatic heterocycles. The molecule has 0 spiro atoms. The lowest BCUT2D eigenvalue weighted by Crippen LogP contribution is -2.39. The Labute approximate surface area is 159 Å². The van der Waals surface area contributed by atoms with Crippen molar-refractivity contribution in [3.8, 4) is 17.2 Å². The zero-order chi connectivity index (χ0) is 19.1. The maximum Gasteiger partial charge on any atom is 0.261 e. The summed E-state index contributed by atoms with van der Waals surface area (Å²) in [4.78, 5) is 12.6. The Kier molecular flexibility index (Phi) is 7.16. The molecule has 5 nitrogen and oxygen atoms in total. The molecule has 2 aromatic carbocycles. The number of amides is 1. The fourth-order valence-electron chi connectivity index (χ4n) is 2.56. The predicted molar refractivity (Wildman–Crippen MR) is 102 cm³/mol. The maximum absolute atomic E-state index is 12.6. The summed E-state index contributed by atoms with van der Waals surface area (Å²) in [6.45, 7) is 3.79. The number of hydrogen-bond acceptors (Lipinski definition) is 4. The highest BCUT2D eigenvalue weighted by Gasteiger charge is 2.22. The van der Waals surface area contributed by atoms with Gasteiger partial charge in [0.15, 0.2) is 6.10 Å². The number of carbonyl (C=O) groups excluding carboxylic acids is 1. The standard InChI is InChI=1S/C20H24ClNO4/c1-5-18(26-15-8-6-14(21)7-9-15)20(23)22-13(2)17-12-16(24-3)10-11-19(17)25-4/h6-13,18H,5H2,1-4H3,(H,22,23)/t13-,18-/m1/s1. The lowest BCUT2D eigenvalue weighted by atomic mass is 10.1. The maximum atomic E-state index is 12.6. The molecule has 0 saturated carbocycles. The number of carbonyl (C=O) groups is 1. The van der Waals surface area contributed by atoms with Crippen molar-refractivity contribution >= 4 is 17.5 Å². The first-order chi connectivity index (χ1) is 12.5. The van der Waals surface area contributed by atoms with Crippen LogP contribution in [0.2, 0.25) is 5.02 Å². The number of methoxy groups -OCH3 is 2. The van der Waals surface area contributed by atoms with E-state index in [0.717, 1.165) is 5.56 Å². The minimum atomic E-state index is -0.602. The smallest absolute Gasteiger partial charge is 0.261 e. The van der Waals surface area contributed by atoms with Gasteiger partial charge >= 0.3 is 0 Å². The lowest BCUT2D eigenvalue weighted by Gasteiger charge is -2.22. The highest BCUT2D eigenvalue weighted by atomic mass is 35.5. The monoisotopic (exact) mass is 377 g/mol. The Morgan fingerprint density at radius 1 is 1.08 bits per heavy atom. The van der Waals surface area contributed by atoms with Crippen LogP contribution in [0.15, 0.2) is 42.5 Å². The number of ether oxygens (including phenoxy) is 3. The highest BCUT2D eigenvalue weighted by molar-refractivity contribution is 6.30. The summed E-state index contributed by atoms with van der Waals surface area (Å²) in [7, 11) is 3.19. The van der Waals surface area contributed by atoms with Crippen molar-refractivity contribution in [2.75, 3.05) is 14.2 Å². The van der Waals surface area contributed by atoms with Crippen molar-refractivity contribution in [3.05, 3.63) is 53.1 Å². The number of hydrogen-bond donors (Lipinski definition) is 1. The Bertz CT molecular complexity index is 733. The molecule has 1 N–H and O–H groups in total. The van der Waals surface area contributed by atoms with Crippen LogP contribution >= 0.6 is 11.6 Å². The molecule has 0 unspecified atom stereocenters. The minimum absolute atomic E-state index is 0.195. The van der Waals surface area contributed by atoms with Crippen LogP contribution in [-0.2, 0) is 4.79 Å². The summed E-state index contributed by atoms with van der Waals surface area (Å²) in [5.74, 6) is 1.79. The average Bonchev–Trinajstić information content (AvgIpc) is 2.66. The molecule has 2 aromatic rings. The number of halogens is 1. The van der Waals surface area contributed by atoms with Crippen LogP contribution in [0.25, 0.3) is 0 Å². The zero-order valence-electron chi connectivity index (χ0n) is 15.4. The molecule has 0 heterocycles. The minimum Gasteiger partial charge on any atom is -0.497 e. The highest BCUT2D eigenvalue weighted by Crippen LogP contribution is 2.29. The SMILES string of the molecule is CC[C@@H](Oc1ccc(Cl)cc1)C(=O)N[C@H](C)c1cc(OC)ccc1OC. The Balaban J connectivity index is 2.10. The molecule has 2 atom stereocenters. The third kappa shape index (κ3) is 5.05. The van der Waals surface area contributed by atoms with Gasteiger partial charge in [0.25, 0.3) is 5.91 Å². The van der Waals surface area contributed by atoms with Gasteiger partial charge in [-0.2, -0.15) is 0 Å². The van der Waals surface area contributed by atoms with Gasteiger partial charge in [0.1, 0.15) is 17.2 Å². The van der Waals surface area contributed by atoms with Gasteiger partial charge < -0.3 is 19.5 Å². The second-order valence-corrected chi connectivity index (χ2v) is 6.24. The topological polar surface area (TPSA) is 56.8 Å². The van der Waals surface area contributed by atoms with E-state index >= 15 is 0 Å². The first-order valence-electron chi connectivity index (χ1n) is 8.43. The summed E-state index contributed by atoms with van der Waals surface area (Å²) < 4.78 is 16.4. The van der Waals surface area contributed by atoms with Crippen molar-refractivity contribution in [2.45, 2.75) is 32.4 Å². The molecule has 1 amide bonds. The van der Waals surface area contributed by atoms with Crippen LogP contribution in [0.4, 0.5) is 0 Å². The largest absolute Gasteiger partial charge is 0.497 e. The Morgan fingerprint density at radius 3 is 2.31 bits per heavy atom. The second-order valence-electron chi connectivity index (χ2n) is 5.81. The van der Waals surface area contributed by atoms with Crippen LogP contribution in [0.1, 0.15) is 31.9 Å². The fraction of sp³-hybridized carbons (Fsp3) is 0.350. The van der Waals surface area contributed by atoms with Gasteiger partial charge in [-0.05, 0) is 55.8 Å². The average molecular weight is 378 g/mol. The van der Waals surface area contributed by atoms with Crippen molar-refractivity contribution in [3.63, 3.8) is 0 Å². The van der Waals surface area contributed by atoms with Gasteiger partial charge in [0, 0.05) is 10.6 Å². The molecule has 2 rings (SSSR count). The number of rotatable bonds is 8. The molecule has 0 radical (unpaired) electrons. The van der Waals surface area contributed by atoms with Gasteiger partial charge in [-0.3, -0.25) is 4.79 Å². The third-order valence-electron chi connectivity index (χ3n) is 4.02. The van der Waals surface area contributed by atoms with E-state index in [4.69, 9.17) is 25.8 Å². The molecule has 0 bridgehead atoms. The van der Waals surface area contributed by atoms with E-state index in [0.29, 0.717) is 28.7 Å². The summed E-state index contributed by atoms with van der Waals surface area (Å²) in [5.41, 5.74) is 0.835. The molecule has 0 aromatic heterocycles. The van der Waals surface area contributed by atoms with Crippen LogP contribution in [0.3, 0.4) is 0 Å². The van der Waals surface area contributed by atoms with Crippen molar-refractivity contribution in [1.82, 2.24) is 5.32 Å². The van der Waals surface area contributed by atoms with Crippen molar-refractivity contribution in [1.29, 1.82) is 0 Å². The predicted octanol–water partition coefficient (Wildman–Crippen LogP) is 4.39. The Hall–Kier alpha value is -2.40. The second kappa shape index (κ2) is 9.34. The fourth-order valence-corrected chi connectivity index (χ4v) is 2.69. The van der Waals surface area contributed by atoms with Gasteiger partial charge in [-0.15, -0.1) is 0 Å². The van der Waals surface area contributed by atoms with Gasteiger partial charge in [-0.25, -0.2) is 0 Å². The quantitative estimate of drug-likeness (QED) is 0.741. The molecule has 140 valence electrons. The van der Waals surface area contributed by atoms with Crippen LogP contribution in [0.5, 0.6) is 17.2 Å². The zero-order valence-corrected chi connectivity index (χ0v) is 16.2. The molecule has 26 heavy (non-hydrogen) atoms. The molecular weight excluding hydrogens is 354 g/mol. The number of nitrogens with one attached hydrogen (secondary N) is 1. The van der Waals surface area contributed by atoms with Crippen LogP contribution in [0, 0.1) is 0 Å². The summed E-state index contributed by atoms with van der Waals surface area (Å²) in [6.07, 6.45) is -0.0635. The van der Waals surface area contributed by atoms with Crippen LogP contribution < -0.4 is 19.5 Å². The summed E-state index contributed by atoms with van der Waals surface area (Å²) in [6, 6.07) is 12.2. The van der Waals surface area contributed by atoms with Crippen molar-refractivity contribution < 1.29 is 19.0 Å². The molecule has 0 fully saturated rings. The first-order valence-corrected chi connectivity index (χ1v) is 8.80. The third-order valence-corrected chi connectivity index (χ3v) is 4.27. The normalized spacial score (nSPS) is 12.8. The molecular formula is C20H24ClNO4. The molecule has 0 aliphatic carbocycles. The van der Waals surface area contributed by atoms with E-state index in [-0.39, 0.29) is 11.9 Å². The van der Waals surface area contributed by atoms with E-state index in [1.807, 2.05) is 32.0 Å². The van der Waals surface area contributed by atoms with Gasteiger partial charge in [0.05, 0.1) is 20.3 Å². The van der Waals surface area contributed by atoms with Crippen LogP contribution in [-0.4, -0.2) is 26.2 Å². The molecule has 0 saturated heterocycles. The first kappa shape index (κ1) is 19.9. The Morgan fingerprint density at radius 2 is 1.73 bits per heavy atom. The summed E-state index contributed by atoms with van der Waals surface area (Å²) >= 11 is 5.88. The summed E-state index contributed by atoms with van der Waals surface area (Å²) in [5, 5.41) is 3.60. The number of benzene rings is 2. The van der Waals surface area contributed by atoms with Gasteiger partial charge in [-0.1, -0.05) is 18.5 Å². The van der Waals surface area contributed by atoms with Crippen molar-refractivity contribution in [2.24, 2.45) is 0 Å². The molecule has 6 heteroatoms. The van der Waals surface area contributed by atoms with E-state index in [1.165, 1.54) is 0 Å².